The molecular weight excluding hydrogens is 196 g/mol. The maximum atomic E-state index is 11.8. The van der Waals surface area contributed by atoms with Gasteiger partial charge in [-0.1, -0.05) is 13.8 Å². The first kappa shape index (κ1) is 11.3. The van der Waals surface area contributed by atoms with Gasteiger partial charge in [-0.25, -0.2) is 4.98 Å². The summed E-state index contributed by atoms with van der Waals surface area (Å²) in [5.74, 6) is 0.490. The summed E-state index contributed by atoms with van der Waals surface area (Å²) in [5.41, 5.74) is 5.57. The van der Waals surface area contributed by atoms with Crippen LogP contribution in [0.5, 0.6) is 0 Å². The van der Waals surface area contributed by atoms with Crippen molar-refractivity contribution >= 4 is 17.1 Å². The summed E-state index contributed by atoms with van der Waals surface area (Å²) in [6.45, 7) is 4.48. The molecule has 0 amide bonds. The zero-order valence-corrected chi connectivity index (χ0v) is 9.38. The molecule has 0 spiro atoms. The Kier molecular flexibility index (Phi) is 4.22. The van der Waals surface area contributed by atoms with Crippen LogP contribution >= 0.6 is 11.3 Å². The van der Waals surface area contributed by atoms with Gasteiger partial charge in [0.25, 0.3) is 0 Å². The van der Waals surface area contributed by atoms with Crippen molar-refractivity contribution in [2.75, 3.05) is 6.54 Å². The lowest BCUT2D eigenvalue weighted by Crippen LogP contribution is -2.29. The summed E-state index contributed by atoms with van der Waals surface area (Å²) >= 11 is 1.52. The molecule has 0 radical (unpaired) electrons. The van der Waals surface area contributed by atoms with E-state index < -0.39 is 0 Å². The van der Waals surface area contributed by atoms with E-state index >= 15 is 0 Å². The molecule has 0 bridgehead atoms. The molecule has 14 heavy (non-hydrogen) atoms. The second-order valence-corrected chi connectivity index (χ2v) is 4.63. The molecule has 0 aromatic carbocycles. The number of carbonyl (C=O) groups excluding carboxylic acids is 1. The van der Waals surface area contributed by atoms with E-state index in [1.807, 2.05) is 19.2 Å². The van der Waals surface area contributed by atoms with Gasteiger partial charge in [0.2, 0.25) is 0 Å². The average Bonchev–Trinajstić information content (AvgIpc) is 2.57. The Labute approximate surface area is 88.3 Å². The Hall–Kier alpha value is -0.740. The molecule has 1 unspecified atom stereocenters. The molecule has 0 fully saturated rings. The fourth-order valence-electron chi connectivity index (χ4n) is 1.40. The number of hydrogen-bond acceptors (Lipinski definition) is 4. The van der Waals surface area contributed by atoms with E-state index in [4.69, 9.17) is 5.73 Å². The van der Waals surface area contributed by atoms with Gasteiger partial charge in [-0.3, -0.25) is 4.79 Å². The van der Waals surface area contributed by atoms with Crippen molar-refractivity contribution in [3.05, 3.63) is 16.6 Å². The first-order chi connectivity index (χ1) is 6.65. The average molecular weight is 212 g/mol. The minimum absolute atomic E-state index is 0.0288. The van der Waals surface area contributed by atoms with Crippen molar-refractivity contribution in [2.45, 2.75) is 20.3 Å². The zero-order chi connectivity index (χ0) is 10.6. The number of nitrogens with two attached hydrogens (primary N) is 1. The van der Waals surface area contributed by atoms with Crippen LogP contribution in [0.1, 0.15) is 18.9 Å². The van der Waals surface area contributed by atoms with Gasteiger partial charge in [-0.05, 0) is 5.92 Å². The number of Topliss-reactive ketones (excluding diaryl/α,β-unsaturated/α-hetero) is 1. The molecule has 3 nitrogen and oxygen atoms in total. The molecule has 0 saturated carbocycles. The third kappa shape index (κ3) is 2.89. The Morgan fingerprint density at radius 1 is 1.64 bits per heavy atom. The fourth-order valence-corrected chi connectivity index (χ4v) is 2.02. The maximum absolute atomic E-state index is 11.8. The molecule has 0 aliphatic rings. The minimum atomic E-state index is -0.0288. The summed E-state index contributed by atoms with van der Waals surface area (Å²) in [4.78, 5) is 15.9. The third-order valence-corrected chi connectivity index (χ3v) is 3.06. The quantitative estimate of drug-likeness (QED) is 0.804. The van der Waals surface area contributed by atoms with Crippen molar-refractivity contribution < 1.29 is 4.79 Å². The summed E-state index contributed by atoms with van der Waals surface area (Å²) in [6, 6.07) is 0. The Bertz CT molecular complexity index is 282. The molecule has 78 valence electrons. The number of carbonyl (C=O) groups is 1. The van der Waals surface area contributed by atoms with Gasteiger partial charge in [-0.2, -0.15) is 0 Å². The van der Waals surface area contributed by atoms with Crippen LogP contribution in [0.3, 0.4) is 0 Å². The Balaban J connectivity index is 2.56. The van der Waals surface area contributed by atoms with E-state index in [2.05, 4.69) is 4.98 Å². The second-order valence-electron chi connectivity index (χ2n) is 3.66. The maximum Gasteiger partial charge on any atom is 0.144 e. The van der Waals surface area contributed by atoms with Crippen molar-refractivity contribution in [1.82, 2.24) is 4.98 Å². The molecule has 1 atom stereocenters. The highest BCUT2D eigenvalue weighted by atomic mass is 32.1. The minimum Gasteiger partial charge on any atom is -0.330 e. The van der Waals surface area contributed by atoms with Gasteiger partial charge in [0.05, 0.1) is 11.4 Å². The number of rotatable bonds is 5. The number of hydrogen-bond donors (Lipinski definition) is 1. The summed E-state index contributed by atoms with van der Waals surface area (Å²) in [5, 5.41) is 2.77. The van der Waals surface area contributed by atoms with Gasteiger partial charge in [0, 0.05) is 24.0 Å². The molecule has 0 aliphatic carbocycles. The molecule has 0 aliphatic heterocycles. The highest BCUT2D eigenvalue weighted by Gasteiger charge is 2.20. The van der Waals surface area contributed by atoms with Crippen molar-refractivity contribution in [3.8, 4) is 0 Å². The van der Waals surface area contributed by atoms with E-state index in [1.165, 1.54) is 11.3 Å². The molecule has 4 heteroatoms. The van der Waals surface area contributed by atoms with Gasteiger partial charge < -0.3 is 5.73 Å². The highest BCUT2D eigenvalue weighted by molar-refractivity contribution is 7.09. The predicted molar refractivity (Wildman–Crippen MR) is 58.2 cm³/mol. The summed E-state index contributed by atoms with van der Waals surface area (Å²) in [7, 11) is 0. The number of ketones is 1. The lowest BCUT2D eigenvalue weighted by Gasteiger charge is -2.16. The van der Waals surface area contributed by atoms with Crippen LogP contribution < -0.4 is 5.73 Å². The topological polar surface area (TPSA) is 56.0 Å². The Morgan fingerprint density at radius 3 is 2.79 bits per heavy atom. The number of nitrogens with zero attached hydrogens (tertiary/aromatic N) is 1. The van der Waals surface area contributed by atoms with Crippen LogP contribution in [-0.2, 0) is 11.2 Å². The molecule has 0 saturated heterocycles. The van der Waals surface area contributed by atoms with Crippen LogP contribution in [0.15, 0.2) is 11.6 Å². The second kappa shape index (κ2) is 5.22. The molecule has 1 aromatic rings. The van der Waals surface area contributed by atoms with Crippen LogP contribution in [0.2, 0.25) is 0 Å². The van der Waals surface area contributed by atoms with Crippen LogP contribution in [0, 0.1) is 11.8 Å². The van der Waals surface area contributed by atoms with Gasteiger partial charge >= 0.3 is 0 Å². The van der Waals surface area contributed by atoms with E-state index in [0.717, 1.165) is 5.01 Å². The Morgan fingerprint density at radius 2 is 2.36 bits per heavy atom. The monoisotopic (exact) mass is 212 g/mol. The highest BCUT2D eigenvalue weighted by Crippen LogP contribution is 2.14. The zero-order valence-electron chi connectivity index (χ0n) is 8.56. The lowest BCUT2D eigenvalue weighted by atomic mass is 9.90. The molecular formula is C10H16N2OS. The van der Waals surface area contributed by atoms with E-state index in [1.54, 1.807) is 6.20 Å². The van der Waals surface area contributed by atoms with Crippen LogP contribution in [0.4, 0.5) is 0 Å². The number of aromatic nitrogens is 1. The smallest absolute Gasteiger partial charge is 0.144 e. The molecule has 2 N–H and O–H groups in total. The van der Waals surface area contributed by atoms with E-state index in [9.17, 15) is 4.79 Å². The molecule has 1 aromatic heterocycles. The first-order valence-electron chi connectivity index (χ1n) is 4.76. The number of thiazole rings is 1. The van der Waals surface area contributed by atoms with Gasteiger partial charge in [0.15, 0.2) is 0 Å². The lowest BCUT2D eigenvalue weighted by molar-refractivity contribution is -0.123. The first-order valence-corrected chi connectivity index (χ1v) is 5.64. The largest absolute Gasteiger partial charge is 0.330 e. The molecule has 1 heterocycles. The van der Waals surface area contributed by atoms with Gasteiger partial charge in [-0.15, -0.1) is 11.3 Å². The molecule has 1 rings (SSSR count). The SMILES string of the molecule is CC(C)C(CN)C(=O)Cc1nccs1. The summed E-state index contributed by atoms with van der Waals surface area (Å²) in [6.07, 6.45) is 2.15. The standard InChI is InChI=1S/C10H16N2OS/c1-7(2)8(6-11)9(13)5-10-12-3-4-14-10/h3-4,7-8H,5-6,11H2,1-2H3. The predicted octanol–water partition coefficient (Wildman–Crippen LogP) is 1.49. The third-order valence-electron chi connectivity index (χ3n) is 2.28. The van der Waals surface area contributed by atoms with E-state index in [-0.39, 0.29) is 11.7 Å². The fraction of sp³-hybridized carbons (Fsp3) is 0.600. The van der Waals surface area contributed by atoms with Gasteiger partial charge in [0.1, 0.15) is 5.78 Å². The van der Waals surface area contributed by atoms with Crippen molar-refractivity contribution in [1.29, 1.82) is 0 Å². The van der Waals surface area contributed by atoms with Crippen molar-refractivity contribution in [2.24, 2.45) is 17.6 Å². The normalized spacial score (nSPS) is 13.1. The van der Waals surface area contributed by atoms with Crippen LogP contribution in [-0.4, -0.2) is 17.3 Å². The van der Waals surface area contributed by atoms with E-state index in [0.29, 0.717) is 18.9 Å². The van der Waals surface area contributed by atoms with Crippen LogP contribution in [0.25, 0.3) is 0 Å². The summed E-state index contributed by atoms with van der Waals surface area (Å²) < 4.78 is 0. The van der Waals surface area contributed by atoms with Crippen molar-refractivity contribution in [3.63, 3.8) is 0 Å².